The standard InChI is InChI=1S/C15H22N2O2/c1-4-8-15(12-16,9-5-2)14(18)17(3)11-13-7-6-10-19-13/h6-7,10H,4-5,8-9,11H2,1-3H3. The summed E-state index contributed by atoms with van der Waals surface area (Å²) in [5.74, 6) is 0.630. The lowest BCUT2D eigenvalue weighted by Crippen LogP contribution is -2.41. The average Bonchev–Trinajstić information content (AvgIpc) is 2.90. The van der Waals surface area contributed by atoms with E-state index in [1.165, 1.54) is 0 Å². The van der Waals surface area contributed by atoms with Crippen LogP contribution in [-0.4, -0.2) is 17.9 Å². The number of carbonyl (C=O) groups is 1. The van der Waals surface area contributed by atoms with Crippen molar-refractivity contribution in [2.45, 2.75) is 46.1 Å². The summed E-state index contributed by atoms with van der Waals surface area (Å²) < 4.78 is 5.24. The van der Waals surface area contributed by atoms with Gasteiger partial charge in [0, 0.05) is 7.05 Å². The maximum atomic E-state index is 12.6. The lowest BCUT2D eigenvalue weighted by atomic mass is 9.79. The van der Waals surface area contributed by atoms with Crippen molar-refractivity contribution in [1.29, 1.82) is 5.26 Å². The maximum Gasteiger partial charge on any atom is 0.243 e. The zero-order chi connectivity index (χ0) is 14.3. The van der Waals surface area contributed by atoms with E-state index in [0.717, 1.165) is 18.6 Å². The van der Waals surface area contributed by atoms with Gasteiger partial charge in [0.25, 0.3) is 0 Å². The smallest absolute Gasteiger partial charge is 0.243 e. The maximum absolute atomic E-state index is 12.6. The highest BCUT2D eigenvalue weighted by molar-refractivity contribution is 5.85. The summed E-state index contributed by atoms with van der Waals surface area (Å²) in [6.45, 7) is 4.41. The second kappa shape index (κ2) is 6.98. The van der Waals surface area contributed by atoms with Crippen molar-refractivity contribution in [2.75, 3.05) is 7.05 Å². The summed E-state index contributed by atoms with van der Waals surface area (Å²) in [6.07, 6.45) is 4.46. The first kappa shape index (κ1) is 15.3. The molecule has 1 rings (SSSR count). The molecule has 1 amide bonds. The van der Waals surface area contributed by atoms with Crippen LogP contribution < -0.4 is 0 Å². The van der Waals surface area contributed by atoms with E-state index < -0.39 is 5.41 Å². The van der Waals surface area contributed by atoms with Crippen LogP contribution in [0.4, 0.5) is 0 Å². The number of amides is 1. The van der Waals surface area contributed by atoms with Gasteiger partial charge in [-0.3, -0.25) is 4.79 Å². The van der Waals surface area contributed by atoms with Crippen molar-refractivity contribution in [3.05, 3.63) is 24.2 Å². The molecule has 1 aromatic heterocycles. The van der Waals surface area contributed by atoms with Crippen LogP contribution >= 0.6 is 0 Å². The molecule has 0 bridgehead atoms. The summed E-state index contributed by atoms with van der Waals surface area (Å²) in [5.41, 5.74) is -0.884. The zero-order valence-electron chi connectivity index (χ0n) is 12.0. The molecule has 4 heteroatoms. The molecule has 4 nitrogen and oxygen atoms in total. The molecule has 0 aliphatic rings. The molecule has 0 saturated heterocycles. The van der Waals surface area contributed by atoms with E-state index in [4.69, 9.17) is 4.42 Å². The van der Waals surface area contributed by atoms with Gasteiger partial charge in [0.2, 0.25) is 5.91 Å². The molecule has 0 atom stereocenters. The SMILES string of the molecule is CCCC(C#N)(CCC)C(=O)N(C)Cc1ccco1. The van der Waals surface area contributed by atoms with Crippen molar-refractivity contribution in [1.82, 2.24) is 4.90 Å². The zero-order valence-corrected chi connectivity index (χ0v) is 12.0. The number of hydrogen-bond acceptors (Lipinski definition) is 3. The summed E-state index contributed by atoms with van der Waals surface area (Å²) in [7, 11) is 1.72. The average molecular weight is 262 g/mol. The van der Waals surface area contributed by atoms with E-state index >= 15 is 0 Å². The van der Waals surface area contributed by atoms with Gasteiger partial charge < -0.3 is 9.32 Å². The van der Waals surface area contributed by atoms with Crippen LogP contribution in [0.25, 0.3) is 0 Å². The van der Waals surface area contributed by atoms with E-state index in [0.29, 0.717) is 19.4 Å². The Labute approximate surface area is 115 Å². The summed E-state index contributed by atoms with van der Waals surface area (Å²) in [4.78, 5) is 14.2. The van der Waals surface area contributed by atoms with Crippen molar-refractivity contribution < 1.29 is 9.21 Å². The van der Waals surface area contributed by atoms with Gasteiger partial charge in [-0.25, -0.2) is 0 Å². The minimum atomic E-state index is -0.884. The van der Waals surface area contributed by atoms with Gasteiger partial charge in [0.15, 0.2) is 0 Å². The largest absolute Gasteiger partial charge is 0.467 e. The third-order valence-corrected chi connectivity index (χ3v) is 3.30. The molecule has 0 fully saturated rings. The number of rotatable bonds is 7. The first-order valence-electron chi connectivity index (χ1n) is 6.78. The van der Waals surface area contributed by atoms with Crippen LogP contribution in [0.15, 0.2) is 22.8 Å². The molecule has 19 heavy (non-hydrogen) atoms. The van der Waals surface area contributed by atoms with Gasteiger partial charge in [-0.15, -0.1) is 0 Å². The fourth-order valence-electron chi connectivity index (χ4n) is 2.43. The van der Waals surface area contributed by atoms with Gasteiger partial charge in [-0.1, -0.05) is 26.7 Å². The number of hydrogen-bond donors (Lipinski definition) is 0. The van der Waals surface area contributed by atoms with Crippen molar-refractivity contribution in [3.8, 4) is 6.07 Å². The Kier molecular flexibility index (Phi) is 5.62. The predicted molar refractivity (Wildman–Crippen MR) is 73.0 cm³/mol. The van der Waals surface area contributed by atoms with E-state index in [1.807, 2.05) is 19.9 Å². The third-order valence-electron chi connectivity index (χ3n) is 3.30. The Morgan fingerprint density at radius 3 is 2.47 bits per heavy atom. The van der Waals surface area contributed by atoms with Gasteiger partial charge in [-0.2, -0.15) is 5.26 Å². The highest BCUT2D eigenvalue weighted by Crippen LogP contribution is 2.31. The Bertz CT molecular complexity index is 425. The van der Waals surface area contributed by atoms with Crippen molar-refractivity contribution >= 4 is 5.91 Å². The summed E-state index contributed by atoms with van der Waals surface area (Å²) >= 11 is 0. The molecule has 1 heterocycles. The quantitative estimate of drug-likeness (QED) is 0.757. The summed E-state index contributed by atoms with van der Waals surface area (Å²) in [6, 6.07) is 5.88. The molecular formula is C15H22N2O2. The Hall–Kier alpha value is -1.76. The van der Waals surface area contributed by atoms with Crippen LogP contribution in [0, 0.1) is 16.7 Å². The normalized spacial score (nSPS) is 11.1. The molecule has 0 spiro atoms. The van der Waals surface area contributed by atoms with Crippen molar-refractivity contribution in [3.63, 3.8) is 0 Å². The number of furan rings is 1. The molecule has 0 N–H and O–H groups in total. The third kappa shape index (κ3) is 3.60. The second-order valence-electron chi connectivity index (χ2n) is 4.93. The van der Waals surface area contributed by atoms with Gasteiger partial charge in [-0.05, 0) is 25.0 Å². The van der Waals surface area contributed by atoms with Crippen molar-refractivity contribution in [2.24, 2.45) is 5.41 Å². The van der Waals surface area contributed by atoms with Gasteiger partial charge in [0.05, 0.1) is 18.9 Å². The molecule has 0 aliphatic carbocycles. The second-order valence-corrected chi connectivity index (χ2v) is 4.93. The Morgan fingerprint density at radius 2 is 2.05 bits per heavy atom. The highest BCUT2D eigenvalue weighted by Gasteiger charge is 2.39. The lowest BCUT2D eigenvalue weighted by Gasteiger charge is -2.29. The fourth-order valence-corrected chi connectivity index (χ4v) is 2.43. The van der Waals surface area contributed by atoms with E-state index in [-0.39, 0.29) is 5.91 Å². The summed E-state index contributed by atoms with van der Waals surface area (Å²) in [5, 5.41) is 9.46. The highest BCUT2D eigenvalue weighted by atomic mass is 16.3. The van der Waals surface area contributed by atoms with Crippen LogP contribution in [0.3, 0.4) is 0 Å². The molecule has 0 unspecified atom stereocenters. The van der Waals surface area contributed by atoms with Crippen LogP contribution in [0.5, 0.6) is 0 Å². The molecule has 0 radical (unpaired) electrons. The minimum Gasteiger partial charge on any atom is -0.467 e. The molecule has 0 aromatic carbocycles. The monoisotopic (exact) mass is 262 g/mol. The van der Waals surface area contributed by atoms with Crippen LogP contribution in [0.2, 0.25) is 0 Å². The number of carbonyl (C=O) groups excluding carboxylic acids is 1. The van der Waals surface area contributed by atoms with Gasteiger partial charge in [0.1, 0.15) is 11.2 Å². The predicted octanol–water partition coefficient (Wildman–Crippen LogP) is 3.35. The van der Waals surface area contributed by atoms with E-state index in [9.17, 15) is 10.1 Å². The molecule has 1 aromatic rings. The molecule has 0 saturated carbocycles. The first-order valence-corrected chi connectivity index (χ1v) is 6.78. The fraction of sp³-hybridized carbons (Fsp3) is 0.600. The Morgan fingerprint density at radius 1 is 1.42 bits per heavy atom. The van der Waals surface area contributed by atoms with E-state index in [1.54, 1.807) is 24.3 Å². The lowest BCUT2D eigenvalue weighted by molar-refractivity contribution is -0.139. The topological polar surface area (TPSA) is 57.2 Å². The molecule has 0 aliphatic heterocycles. The number of nitriles is 1. The Balaban J connectivity index is 2.83. The van der Waals surface area contributed by atoms with Crippen LogP contribution in [0.1, 0.15) is 45.3 Å². The molecular weight excluding hydrogens is 240 g/mol. The van der Waals surface area contributed by atoms with Crippen LogP contribution in [-0.2, 0) is 11.3 Å². The minimum absolute atomic E-state index is 0.102. The first-order chi connectivity index (χ1) is 9.09. The number of nitrogens with zero attached hydrogens (tertiary/aromatic N) is 2. The van der Waals surface area contributed by atoms with E-state index in [2.05, 4.69) is 6.07 Å². The molecule has 104 valence electrons. The van der Waals surface area contributed by atoms with Gasteiger partial charge >= 0.3 is 0 Å².